The van der Waals surface area contributed by atoms with Crippen LogP contribution in [0.3, 0.4) is 0 Å². The number of nitrogens with zero attached hydrogens (tertiary/aromatic N) is 3. The molecule has 0 radical (unpaired) electrons. The van der Waals surface area contributed by atoms with Crippen molar-refractivity contribution in [1.29, 1.82) is 0 Å². The highest BCUT2D eigenvalue weighted by molar-refractivity contribution is 5.12. The summed E-state index contributed by atoms with van der Waals surface area (Å²) in [4.78, 5) is 0. The Morgan fingerprint density at radius 2 is 1.94 bits per heavy atom. The molecular weight excluding hydrogens is 212 g/mol. The monoisotopic (exact) mass is 236 g/mol. The molecule has 0 aliphatic carbocycles. The lowest BCUT2D eigenvalue weighted by molar-refractivity contribution is 0.362. The van der Waals surface area contributed by atoms with Gasteiger partial charge in [-0.3, -0.25) is 0 Å². The third-order valence-electron chi connectivity index (χ3n) is 4.33. The Morgan fingerprint density at radius 3 is 2.59 bits per heavy atom. The Hall–Kier alpha value is -0.900. The van der Waals surface area contributed by atoms with Crippen molar-refractivity contribution in [1.82, 2.24) is 14.8 Å². The van der Waals surface area contributed by atoms with E-state index in [-0.39, 0.29) is 5.41 Å². The summed E-state index contributed by atoms with van der Waals surface area (Å²) >= 11 is 0. The van der Waals surface area contributed by atoms with Crippen LogP contribution in [0, 0.1) is 0 Å². The number of rotatable bonds is 4. The fourth-order valence-electron chi connectivity index (χ4n) is 2.82. The van der Waals surface area contributed by atoms with Crippen LogP contribution in [0.4, 0.5) is 0 Å². The summed E-state index contributed by atoms with van der Waals surface area (Å²) < 4.78 is 2.34. The zero-order valence-corrected chi connectivity index (χ0v) is 11.1. The van der Waals surface area contributed by atoms with Gasteiger partial charge in [0.25, 0.3) is 0 Å². The molecule has 1 aliphatic heterocycles. The third-order valence-corrected chi connectivity index (χ3v) is 4.33. The Kier molecular flexibility index (Phi) is 3.82. The van der Waals surface area contributed by atoms with Crippen molar-refractivity contribution in [2.24, 2.45) is 5.73 Å². The molecule has 2 rings (SSSR count). The summed E-state index contributed by atoms with van der Waals surface area (Å²) in [6.07, 6.45) is 6.94. The van der Waals surface area contributed by atoms with E-state index in [1.165, 1.54) is 19.3 Å². The highest BCUT2D eigenvalue weighted by Gasteiger charge is 2.33. The second kappa shape index (κ2) is 5.17. The van der Waals surface area contributed by atoms with Crippen LogP contribution in [0.15, 0.2) is 0 Å². The van der Waals surface area contributed by atoms with Gasteiger partial charge in [-0.2, -0.15) is 0 Å². The Bertz CT molecular complexity index is 357. The fourth-order valence-corrected chi connectivity index (χ4v) is 2.82. The largest absolute Gasteiger partial charge is 0.329 e. The van der Waals surface area contributed by atoms with Crippen molar-refractivity contribution < 1.29 is 0 Å². The van der Waals surface area contributed by atoms with Crippen LogP contribution in [-0.2, 0) is 18.4 Å². The van der Waals surface area contributed by atoms with Crippen LogP contribution < -0.4 is 5.73 Å². The van der Waals surface area contributed by atoms with Crippen molar-refractivity contribution in [2.75, 3.05) is 6.54 Å². The van der Waals surface area contributed by atoms with Gasteiger partial charge in [0, 0.05) is 24.9 Å². The van der Waals surface area contributed by atoms with E-state index >= 15 is 0 Å². The van der Waals surface area contributed by atoms with E-state index in [9.17, 15) is 0 Å². The van der Waals surface area contributed by atoms with Gasteiger partial charge in [0.05, 0.1) is 0 Å². The number of hydrogen-bond donors (Lipinski definition) is 1. The first-order chi connectivity index (χ1) is 8.27. The van der Waals surface area contributed by atoms with Crippen molar-refractivity contribution in [3.63, 3.8) is 0 Å². The van der Waals surface area contributed by atoms with Crippen LogP contribution in [-0.4, -0.2) is 21.3 Å². The Balaban J connectivity index is 2.41. The first-order valence-corrected chi connectivity index (χ1v) is 6.90. The second-order valence-electron chi connectivity index (χ2n) is 5.09. The first kappa shape index (κ1) is 12.6. The van der Waals surface area contributed by atoms with Gasteiger partial charge >= 0.3 is 0 Å². The van der Waals surface area contributed by atoms with E-state index in [0.29, 0.717) is 6.54 Å². The molecule has 0 aromatic carbocycles. The average molecular weight is 236 g/mol. The zero-order chi connectivity index (χ0) is 12.3. The lowest BCUT2D eigenvalue weighted by Gasteiger charge is -2.29. The number of aryl methyl sites for hydroxylation is 1. The van der Waals surface area contributed by atoms with Crippen molar-refractivity contribution in [2.45, 2.75) is 64.3 Å². The van der Waals surface area contributed by atoms with Crippen LogP contribution >= 0.6 is 0 Å². The van der Waals surface area contributed by atoms with Gasteiger partial charge < -0.3 is 10.3 Å². The van der Waals surface area contributed by atoms with Crippen LogP contribution in [0.1, 0.15) is 57.6 Å². The molecule has 2 N–H and O–H groups in total. The van der Waals surface area contributed by atoms with Gasteiger partial charge in [0.15, 0.2) is 0 Å². The normalized spacial score (nSPS) is 16.6. The van der Waals surface area contributed by atoms with E-state index in [4.69, 9.17) is 5.73 Å². The molecule has 1 aromatic heterocycles. The molecule has 0 bridgehead atoms. The summed E-state index contributed by atoms with van der Waals surface area (Å²) in [6.45, 7) is 6.14. The number of fused-ring (bicyclic) bond motifs is 1. The summed E-state index contributed by atoms with van der Waals surface area (Å²) in [6, 6.07) is 0. The Morgan fingerprint density at radius 1 is 1.18 bits per heavy atom. The van der Waals surface area contributed by atoms with Crippen LogP contribution in [0.5, 0.6) is 0 Å². The van der Waals surface area contributed by atoms with E-state index < -0.39 is 0 Å². The molecule has 1 aliphatic rings. The molecule has 0 saturated heterocycles. The molecule has 4 heteroatoms. The molecule has 4 nitrogen and oxygen atoms in total. The molecule has 1 aromatic rings. The van der Waals surface area contributed by atoms with Gasteiger partial charge in [-0.05, 0) is 25.7 Å². The van der Waals surface area contributed by atoms with E-state index in [2.05, 4.69) is 28.6 Å². The molecule has 0 unspecified atom stereocenters. The van der Waals surface area contributed by atoms with Crippen molar-refractivity contribution in [3.05, 3.63) is 11.6 Å². The van der Waals surface area contributed by atoms with Gasteiger partial charge in [0.2, 0.25) is 0 Å². The smallest absolute Gasteiger partial charge is 0.140 e. The minimum absolute atomic E-state index is 0.0234. The molecule has 0 spiro atoms. The minimum Gasteiger partial charge on any atom is -0.329 e. The number of hydrogen-bond acceptors (Lipinski definition) is 3. The minimum atomic E-state index is 0.0234. The third kappa shape index (κ3) is 2.10. The first-order valence-electron chi connectivity index (χ1n) is 6.90. The molecule has 17 heavy (non-hydrogen) atoms. The van der Waals surface area contributed by atoms with Gasteiger partial charge in [-0.25, -0.2) is 0 Å². The van der Waals surface area contributed by atoms with Crippen LogP contribution in [0.25, 0.3) is 0 Å². The average Bonchev–Trinajstić information content (AvgIpc) is 2.63. The number of nitrogens with two attached hydrogens (primary N) is 1. The van der Waals surface area contributed by atoms with Gasteiger partial charge in [0.1, 0.15) is 11.6 Å². The molecule has 0 saturated carbocycles. The summed E-state index contributed by atoms with van der Waals surface area (Å²) in [5, 5.41) is 8.84. The highest BCUT2D eigenvalue weighted by atomic mass is 15.3. The van der Waals surface area contributed by atoms with Gasteiger partial charge in [-0.15, -0.1) is 10.2 Å². The lowest BCUT2D eigenvalue weighted by Crippen LogP contribution is -2.37. The predicted octanol–water partition coefficient (Wildman–Crippen LogP) is 2.02. The van der Waals surface area contributed by atoms with E-state index in [1.807, 2.05) is 0 Å². The summed E-state index contributed by atoms with van der Waals surface area (Å²) in [5.74, 6) is 2.29. The summed E-state index contributed by atoms with van der Waals surface area (Å²) in [7, 11) is 0. The summed E-state index contributed by atoms with van der Waals surface area (Å²) in [5.41, 5.74) is 6.03. The van der Waals surface area contributed by atoms with E-state index in [1.54, 1.807) is 0 Å². The topological polar surface area (TPSA) is 56.7 Å². The zero-order valence-electron chi connectivity index (χ0n) is 11.1. The standard InChI is InChI=1S/C13H24N4/c1-3-13(4-2,10-14)12-16-15-11-8-6-5-7-9-17(11)12/h3-10,14H2,1-2H3. The SMILES string of the molecule is CCC(CC)(CN)c1nnc2n1CCCCC2. The predicted molar refractivity (Wildman–Crippen MR) is 68.9 cm³/mol. The number of aromatic nitrogens is 3. The maximum Gasteiger partial charge on any atom is 0.140 e. The quantitative estimate of drug-likeness (QED) is 0.870. The molecule has 2 heterocycles. The van der Waals surface area contributed by atoms with Gasteiger partial charge in [-0.1, -0.05) is 20.3 Å². The fraction of sp³-hybridized carbons (Fsp3) is 0.846. The second-order valence-corrected chi connectivity index (χ2v) is 5.09. The van der Waals surface area contributed by atoms with Crippen LogP contribution in [0.2, 0.25) is 0 Å². The molecule has 0 atom stereocenters. The molecule has 96 valence electrons. The highest BCUT2D eigenvalue weighted by Crippen LogP contribution is 2.30. The molecule has 0 fully saturated rings. The molecule has 0 amide bonds. The maximum absolute atomic E-state index is 6.01. The van der Waals surface area contributed by atoms with Crippen molar-refractivity contribution >= 4 is 0 Å². The maximum atomic E-state index is 6.01. The lowest BCUT2D eigenvalue weighted by atomic mass is 9.81. The Labute approximate surface area is 104 Å². The molecular formula is C13H24N4. The van der Waals surface area contributed by atoms with Crippen molar-refractivity contribution in [3.8, 4) is 0 Å². The van der Waals surface area contributed by atoms with E-state index in [0.717, 1.165) is 37.5 Å².